The molecule has 33 heavy (non-hydrogen) atoms. The normalized spacial score (nSPS) is 11.8. The smallest absolute Gasteiger partial charge is 0.326 e. The van der Waals surface area contributed by atoms with Gasteiger partial charge in [-0.05, 0) is 29.7 Å². The summed E-state index contributed by atoms with van der Waals surface area (Å²) in [6.07, 6.45) is 0.168. The molecular formula is C25H29N3O5. The Labute approximate surface area is 193 Å². The molecule has 2 aromatic carbocycles. The third-order valence-electron chi connectivity index (χ3n) is 5.12. The number of carbonyl (C=O) groups excluding carboxylic acids is 1. The Morgan fingerprint density at radius 1 is 1.03 bits per heavy atom. The first-order valence-corrected chi connectivity index (χ1v) is 10.7. The average molecular weight is 452 g/mol. The van der Waals surface area contributed by atoms with E-state index >= 15 is 0 Å². The molecule has 1 atom stereocenters. The minimum Gasteiger partial charge on any atom is -0.496 e. The van der Waals surface area contributed by atoms with Gasteiger partial charge in [-0.1, -0.05) is 50.2 Å². The lowest BCUT2D eigenvalue weighted by molar-refractivity contribution is -0.139. The molecule has 1 amide bonds. The van der Waals surface area contributed by atoms with Crippen molar-refractivity contribution in [3.05, 3.63) is 65.9 Å². The molecule has 0 bridgehead atoms. The SMILES string of the molecule is COc1cccc(OC)c1-c1cc(C(=O)N[C@@H](Cc2ccccc2)C(=O)O)nn1CC(C)C. The van der Waals surface area contributed by atoms with Crippen LogP contribution in [0.2, 0.25) is 0 Å². The van der Waals surface area contributed by atoms with Crippen LogP contribution in [-0.4, -0.2) is 47.0 Å². The van der Waals surface area contributed by atoms with Crippen LogP contribution >= 0.6 is 0 Å². The molecule has 3 aromatic rings. The predicted molar refractivity (Wildman–Crippen MR) is 125 cm³/mol. The van der Waals surface area contributed by atoms with Gasteiger partial charge in [0.05, 0.1) is 25.5 Å². The molecule has 0 saturated heterocycles. The van der Waals surface area contributed by atoms with Gasteiger partial charge in [-0.25, -0.2) is 4.79 Å². The molecule has 8 heteroatoms. The number of nitrogens with one attached hydrogen (secondary N) is 1. The third-order valence-corrected chi connectivity index (χ3v) is 5.12. The first-order valence-electron chi connectivity index (χ1n) is 10.7. The highest BCUT2D eigenvalue weighted by Gasteiger charge is 2.25. The molecule has 1 heterocycles. The topological polar surface area (TPSA) is 103 Å². The zero-order valence-corrected chi connectivity index (χ0v) is 19.2. The standard InChI is InChI=1S/C25H29N3O5/c1-16(2)15-28-20(23-21(32-3)11-8-12-22(23)33-4)14-18(27-28)24(29)26-19(25(30)31)13-17-9-6-5-7-10-17/h5-12,14,16,19H,13,15H2,1-4H3,(H,26,29)(H,30,31)/t19-/m0/s1. The fourth-order valence-electron chi connectivity index (χ4n) is 3.60. The van der Waals surface area contributed by atoms with E-state index < -0.39 is 17.9 Å². The van der Waals surface area contributed by atoms with Crippen LogP contribution in [0, 0.1) is 5.92 Å². The van der Waals surface area contributed by atoms with Gasteiger partial charge in [0.15, 0.2) is 5.69 Å². The Bertz CT molecular complexity index is 1090. The zero-order chi connectivity index (χ0) is 24.0. The van der Waals surface area contributed by atoms with Crippen molar-refractivity contribution in [2.45, 2.75) is 32.9 Å². The Balaban J connectivity index is 1.96. The highest BCUT2D eigenvalue weighted by Crippen LogP contribution is 2.38. The number of benzene rings is 2. The minimum absolute atomic E-state index is 0.123. The maximum absolute atomic E-state index is 13.0. The lowest BCUT2D eigenvalue weighted by Crippen LogP contribution is -2.42. The van der Waals surface area contributed by atoms with Gasteiger partial charge in [0.1, 0.15) is 17.5 Å². The molecule has 0 fully saturated rings. The molecule has 174 valence electrons. The summed E-state index contributed by atoms with van der Waals surface area (Å²) in [4.78, 5) is 24.8. The number of carboxylic acid groups (broad SMARTS) is 1. The van der Waals surface area contributed by atoms with Gasteiger partial charge in [0, 0.05) is 13.0 Å². The number of ether oxygens (including phenoxy) is 2. The van der Waals surface area contributed by atoms with Gasteiger partial charge in [-0.3, -0.25) is 9.48 Å². The average Bonchev–Trinajstić information content (AvgIpc) is 3.21. The summed E-state index contributed by atoms with van der Waals surface area (Å²) in [5.74, 6) is -0.251. The van der Waals surface area contributed by atoms with Gasteiger partial charge in [0.25, 0.3) is 5.91 Å². The second kappa shape index (κ2) is 10.7. The molecule has 0 radical (unpaired) electrons. The summed E-state index contributed by atoms with van der Waals surface area (Å²) in [5.41, 5.74) is 2.26. The fraction of sp³-hybridized carbons (Fsp3) is 0.320. The largest absolute Gasteiger partial charge is 0.496 e. The molecule has 0 aliphatic carbocycles. The number of methoxy groups -OCH3 is 2. The molecule has 2 N–H and O–H groups in total. The van der Waals surface area contributed by atoms with Crippen molar-refractivity contribution in [3.63, 3.8) is 0 Å². The summed E-state index contributed by atoms with van der Waals surface area (Å²) < 4.78 is 12.8. The van der Waals surface area contributed by atoms with Crippen molar-refractivity contribution in [3.8, 4) is 22.8 Å². The number of aromatic nitrogens is 2. The van der Waals surface area contributed by atoms with Gasteiger partial charge in [0.2, 0.25) is 0 Å². The summed E-state index contributed by atoms with van der Waals surface area (Å²) in [6.45, 7) is 4.64. The van der Waals surface area contributed by atoms with Crippen LogP contribution < -0.4 is 14.8 Å². The highest BCUT2D eigenvalue weighted by molar-refractivity contribution is 5.96. The lowest BCUT2D eigenvalue weighted by Gasteiger charge is -2.15. The zero-order valence-electron chi connectivity index (χ0n) is 19.2. The molecular weight excluding hydrogens is 422 g/mol. The van der Waals surface area contributed by atoms with Crippen LogP contribution in [0.5, 0.6) is 11.5 Å². The maximum Gasteiger partial charge on any atom is 0.326 e. The Morgan fingerprint density at radius 3 is 2.21 bits per heavy atom. The lowest BCUT2D eigenvalue weighted by atomic mass is 10.1. The van der Waals surface area contributed by atoms with E-state index in [0.717, 1.165) is 5.56 Å². The fourth-order valence-corrected chi connectivity index (χ4v) is 3.60. The molecule has 3 rings (SSSR count). The summed E-state index contributed by atoms with van der Waals surface area (Å²) in [7, 11) is 3.13. The molecule has 0 saturated carbocycles. The van der Waals surface area contributed by atoms with Crippen molar-refractivity contribution in [1.29, 1.82) is 0 Å². The Morgan fingerprint density at radius 2 is 1.67 bits per heavy atom. The van der Waals surface area contributed by atoms with Crippen LogP contribution in [0.15, 0.2) is 54.6 Å². The number of hydrogen-bond donors (Lipinski definition) is 2. The number of rotatable bonds is 10. The van der Waals surface area contributed by atoms with Gasteiger partial charge >= 0.3 is 5.97 Å². The summed E-state index contributed by atoms with van der Waals surface area (Å²) in [5, 5.41) is 16.8. The van der Waals surface area contributed by atoms with Gasteiger partial charge in [-0.2, -0.15) is 5.10 Å². The van der Waals surface area contributed by atoms with Crippen molar-refractivity contribution in [2.75, 3.05) is 14.2 Å². The number of aliphatic carboxylic acids is 1. The van der Waals surface area contributed by atoms with E-state index in [9.17, 15) is 14.7 Å². The Kier molecular flexibility index (Phi) is 7.71. The second-order valence-corrected chi connectivity index (χ2v) is 8.08. The van der Waals surface area contributed by atoms with Crippen LogP contribution in [0.3, 0.4) is 0 Å². The van der Waals surface area contributed by atoms with E-state index in [1.165, 1.54) is 0 Å². The van der Waals surface area contributed by atoms with E-state index in [4.69, 9.17) is 9.47 Å². The molecule has 0 unspecified atom stereocenters. The maximum atomic E-state index is 13.0. The highest BCUT2D eigenvalue weighted by atomic mass is 16.5. The summed E-state index contributed by atoms with van der Waals surface area (Å²) in [6, 6.07) is 15.2. The van der Waals surface area contributed by atoms with Crippen LogP contribution in [0.4, 0.5) is 0 Å². The predicted octanol–water partition coefficient (Wildman–Crippen LogP) is 3.65. The molecule has 0 aliphatic heterocycles. The van der Waals surface area contributed by atoms with Gasteiger partial charge in [-0.15, -0.1) is 0 Å². The number of carbonyl (C=O) groups is 2. The van der Waals surface area contributed by atoms with Crippen LogP contribution in [0.1, 0.15) is 29.9 Å². The molecule has 1 aromatic heterocycles. The van der Waals surface area contributed by atoms with Crippen LogP contribution in [-0.2, 0) is 17.8 Å². The van der Waals surface area contributed by atoms with Crippen molar-refractivity contribution in [2.24, 2.45) is 5.92 Å². The van der Waals surface area contributed by atoms with Crippen molar-refractivity contribution in [1.82, 2.24) is 15.1 Å². The summed E-state index contributed by atoms with van der Waals surface area (Å²) >= 11 is 0. The van der Waals surface area contributed by atoms with Crippen molar-refractivity contribution < 1.29 is 24.2 Å². The number of carboxylic acids is 1. The van der Waals surface area contributed by atoms with E-state index in [1.807, 2.05) is 62.4 Å². The third kappa shape index (κ3) is 5.71. The monoisotopic (exact) mass is 451 g/mol. The molecule has 0 aliphatic rings. The Hall–Kier alpha value is -3.81. The number of hydrogen-bond acceptors (Lipinski definition) is 5. The number of amides is 1. The van der Waals surface area contributed by atoms with E-state index in [-0.39, 0.29) is 18.0 Å². The van der Waals surface area contributed by atoms with E-state index in [0.29, 0.717) is 29.3 Å². The van der Waals surface area contributed by atoms with E-state index in [1.54, 1.807) is 25.0 Å². The second-order valence-electron chi connectivity index (χ2n) is 8.08. The number of nitrogens with zero attached hydrogens (tertiary/aromatic N) is 2. The van der Waals surface area contributed by atoms with E-state index in [2.05, 4.69) is 10.4 Å². The first kappa shape index (κ1) is 23.8. The van der Waals surface area contributed by atoms with Crippen molar-refractivity contribution >= 4 is 11.9 Å². The first-order chi connectivity index (χ1) is 15.8. The molecule has 0 spiro atoms. The van der Waals surface area contributed by atoms with Crippen LogP contribution in [0.25, 0.3) is 11.3 Å². The quantitative estimate of drug-likeness (QED) is 0.488. The minimum atomic E-state index is -1.11. The van der Waals surface area contributed by atoms with Gasteiger partial charge < -0.3 is 19.9 Å². The molecule has 8 nitrogen and oxygen atoms in total.